The topological polar surface area (TPSA) is 120 Å². The summed E-state index contributed by atoms with van der Waals surface area (Å²) in [6.45, 7) is 0. The highest BCUT2D eigenvalue weighted by Crippen LogP contribution is 2.30. The van der Waals surface area contributed by atoms with Crippen LogP contribution in [0.15, 0.2) is 11.0 Å². The second-order valence-electron chi connectivity index (χ2n) is 2.96. The van der Waals surface area contributed by atoms with Crippen molar-refractivity contribution in [2.24, 2.45) is 5.73 Å². The maximum absolute atomic E-state index is 13.5. The van der Waals surface area contributed by atoms with Crippen LogP contribution in [0.4, 0.5) is 14.5 Å². The molecule has 18 heavy (non-hydrogen) atoms. The number of carbonyl (C=O) groups is 1. The van der Waals surface area contributed by atoms with Gasteiger partial charge >= 0.3 is 5.69 Å². The third-order valence-corrected chi connectivity index (χ3v) is 3.17. The smallest absolute Gasteiger partial charge is 0.307 e. The van der Waals surface area contributed by atoms with Crippen LogP contribution in [0.5, 0.6) is 0 Å². The van der Waals surface area contributed by atoms with Gasteiger partial charge in [-0.15, -0.1) is 0 Å². The molecule has 1 aromatic carbocycles. The lowest BCUT2D eigenvalue weighted by atomic mass is 10.1. The van der Waals surface area contributed by atoms with E-state index in [4.69, 9.17) is 10.7 Å². The number of hydrogen-bond acceptors (Lipinski definition) is 5. The Labute approximate surface area is 103 Å². The highest BCUT2D eigenvalue weighted by molar-refractivity contribution is 8.13. The summed E-state index contributed by atoms with van der Waals surface area (Å²) in [7, 11) is 0.0606. The zero-order valence-corrected chi connectivity index (χ0v) is 9.76. The fourth-order valence-corrected chi connectivity index (χ4v) is 2.03. The molecule has 11 heteroatoms. The van der Waals surface area contributed by atoms with Crippen molar-refractivity contribution in [3.63, 3.8) is 0 Å². The number of carbonyl (C=O) groups excluding carboxylic acids is 1. The number of primary amides is 1. The lowest BCUT2D eigenvalue weighted by molar-refractivity contribution is -0.387. The van der Waals surface area contributed by atoms with Gasteiger partial charge in [-0.2, -0.15) is 4.39 Å². The largest absolute Gasteiger partial charge is 0.365 e. The number of nitro groups is 1. The second-order valence-corrected chi connectivity index (χ2v) is 5.49. The number of nitrogens with two attached hydrogens (primary N) is 1. The predicted molar refractivity (Wildman–Crippen MR) is 54.6 cm³/mol. The van der Waals surface area contributed by atoms with Gasteiger partial charge in [0.15, 0.2) is 5.82 Å². The average Bonchev–Trinajstić information content (AvgIpc) is 2.13. The Morgan fingerprint density at radius 1 is 1.39 bits per heavy atom. The van der Waals surface area contributed by atoms with Crippen LogP contribution in [0.3, 0.4) is 0 Å². The summed E-state index contributed by atoms with van der Waals surface area (Å²) in [6, 6.07) is 0.0689. The van der Waals surface area contributed by atoms with Crippen molar-refractivity contribution < 1.29 is 26.9 Å². The van der Waals surface area contributed by atoms with E-state index in [1.165, 1.54) is 0 Å². The molecule has 0 unspecified atom stereocenters. The molecule has 1 amide bonds. The van der Waals surface area contributed by atoms with Crippen molar-refractivity contribution in [3.8, 4) is 0 Å². The molecule has 7 nitrogen and oxygen atoms in total. The summed E-state index contributed by atoms with van der Waals surface area (Å²) in [5, 5.41) is 10.4. The second kappa shape index (κ2) is 4.46. The van der Waals surface area contributed by atoms with E-state index in [1.54, 1.807) is 0 Å². The van der Waals surface area contributed by atoms with Gasteiger partial charge in [0.05, 0.1) is 4.92 Å². The number of amides is 1. The molecule has 0 aliphatic rings. The molecule has 1 rings (SSSR count). The number of rotatable bonds is 3. The van der Waals surface area contributed by atoms with E-state index < -0.39 is 47.7 Å². The SMILES string of the molecule is NC(=O)c1c(F)c([N+](=O)[O-])cc(S(=O)(=O)Cl)c1F. The minimum absolute atomic E-state index is 0.0689. The molecule has 0 atom stereocenters. The first kappa shape index (κ1) is 14.3. The van der Waals surface area contributed by atoms with Crippen LogP contribution in [-0.4, -0.2) is 19.2 Å². The Morgan fingerprint density at radius 2 is 1.89 bits per heavy atom. The molecule has 0 saturated heterocycles. The molecular formula is C7H3ClF2N2O5S. The average molecular weight is 301 g/mol. The molecule has 0 fully saturated rings. The third-order valence-electron chi connectivity index (χ3n) is 1.85. The molecule has 0 aliphatic carbocycles. The first-order valence-corrected chi connectivity index (χ1v) is 6.29. The Kier molecular flexibility index (Phi) is 3.53. The van der Waals surface area contributed by atoms with Gasteiger partial charge in [0, 0.05) is 16.7 Å². The maximum Gasteiger partial charge on any atom is 0.307 e. The summed E-state index contributed by atoms with van der Waals surface area (Å²) >= 11 is 0. The highest BCUT2D eigenvalue weighted by Gasteiger charge is 2.32. The summed E-state index contributed by atoms with van der Waals surface area (Å²) < 4.78 is 48.8. The van der Waals surface area contributed by atoms with E-state index in [0.29, 0.717) is 0 Å². The van der Waals surface area contributed by atoms with Crippen molar-refractivity contribution in [1.29, 1.82) is 0 Å². The Hall–Kier alpha value is -1.81. The van der Waals surface area contributed by atoms with E-state index in [2.05, 4.69) is 5.73 Å². The fourth-order valence-electron chi connectivity index (χ4n) is 1.13. The third kappa shape index (κ3) is 2.38. The number of hydrogen-bond donors (Lipinski definition) is 1. The predicted octanol–water partition coefficient (Wildman–Crippen LogP) is 0.899. The number of halogens is 3. The molecule has 0 aromatic heterocycles. The van der Waals surface area contributed by atoms with Crippen molar-refractivity contribution >= 4 is 31.3 Å². The van der Waals surface area contributed by atoms with Gasteiger partial charge in [-0.1, -0.05) is 0 Å². The van der Waals surface area contributed by atoms with E-state index in [9.17, 15) is 32.1 Å². The molecule has 0 saturated carbocycles. The van der Waals surface area contributed by atoms with Gasteiger partial charge < -0.3 is 5.73 Å². The molecule has 0 radical (unpaired) electrons. The Bertz CT molecular complexity index is 660. The first-order chi connectivity index (χ1) is 8.07. The van der Waals surface area contributed by atoms with Crippen LogP contribution >= 0.6 is 10.7 Å². The van der Waals surface area contributed by atoms with Crippen molar-refractivity contribution in [2.75, 3.05) is 0 Å². The van der Waals surface area contributed by atoms with Gasteiger partial charge in [-0.05, 0) is 0 Å². The molecule has 0 aliphatic heterocycles. The quantitative estimate of drug-likeness (QED) is 0.505. The molecule has 0 spiro atoms. The summed E-state index contributed by atoms with van der Waals surface area (Å²) in [6.07, 6.45) is 0. The van der Waals surface area contributed by atoms with Crippen molar-refractivity contribution in [2.45, 2.75) is 4.90 Å². The van der Waals surface area contributed by atoms with Crippen LogP contribution in [0.2, 0.25) is 0 Å². The number of nitrogens with zero attached hydrogens (tertiary/aromatic N) is 1. The van der Waals surface area contributed by atoms with E-state index >= 15 is 0 Å². The molecule has 0 bridgehead atoms. The fraction of sp³-hybridized carbons (Fsp3) is 0. The number of benzene rings is 1. The van der Waals surface area contributed by atoms with Gasteiger partial charge in [0.1, 0.15) is 10.5 Å². The van der Waals surface area contributed by atoms with Gasteiger partial charge in [-0.25, -0.2) is 12.8 Å². The van der Waals surface area contributed by atoms with E-state index in [-0.39, 0.29) is 6.07 Å². The van der Waals surface area contributed by atoms with E-state index in [1.807, 2.05) is 0 Å². The van der Waals surface area contributed by atoms with Crippen molar-refractivity contribution in [1.82, 2.24) is 0 Å². The lowest BCUT2D eigenvalue weighted by Gasteiger charge is -2.05. The molecule has 0 heterocycles. The summed E-state index contributed by atoms with van der Waals surface area (Å²) in [5.74, 6) is -5.44. The van der Waals surface area contributed by atoms with Gasteiger partial charge in [-0.3, -0.25) is 14.9 Å². The normalized spacial score (nSPS) is 11.3. The lowest BCUT2D eigenvalue weighted by Crippen LogP contribution is -2.18. The Balaban J connectivity index is 3.90. The van der Waals surface area contributed by atoms with E-state index in [0.717, 1.165) is 0 Å². The zero-order valence-electron chi connectivity index (χ0n) is 8.19. The van der Waals surface area contributed by atoms with Gasteiger partial charge in [0.25, 0.3) is 15.0 Å². The molecule has 1 aromatic rings. The molecule has 98 valence electrons. The van der Waals surface area contributed by atoms with Crippen molar-refractivity contribution in [3.05, 3.63) is 33.4 Å². The molecule has 2 N–H and O–H groups in total. The summed E-state index contributed by atoms with van der Waals surface area (Å²) in [4.78, 5) is 18.5. The van der Waals surface area contributed by atoms with Gasteiger partial charge in [0.2, 0.25) is 5.82 Å². The van der Waals surface area contributed by atoms with Crippen LogP contribution in [0, 0.1) is 21.7 Å². The van der Waals surface area contributed by atoms with Crippen LogP contribution in [-0.2, 0) is 9.05 Å². The first-order valence-electron chi connectivity index (χ1n) is 3.98. The molecular weight excluding hydrogens is 298 g/mol. The standard InChI is InChI=1S/C7H3ClF2N2O5S/c8-18(16,17)3-1-2(12(14)15)5(9)4(6(3)10)7(11)13/h1H,(H2,11,13). The number of nitro benzene ring substituents is 1. The van der Waals surface area contributed by atoms with Crippen LogP contribution in [0.25, 0.3) is 0 Å². The van der Waals surface area contributed by atoms with Crippen LogP contribution < -0.4 is 5.73 Å². The summed E-state index contributed by atoms with van der Waals surface area (Å²) in [5.41, 5.74) is 1.65. The monoisotopic (exact) mass is 300 g/mol. The minimum Gasteiger partial charge on any atom is -0.365 e. The Morgan fingerprint density at radius 3 is 2.22 bits per heavy atom. The minimum atomic E-state index is -4.74. The zero-order chi connectivity index (χ0) is 14.2. The van der Waals surface area contributed by atoms with Crippen LogP contribution in [0.1, 0.15) is 10.4 Å². The highest BCUT2D eigenvalue weighted by atomic mass is 35.7. The maximum atomic E-state index is 13.5.